The number of aryl methyl sites for hydroxylation is 1. The van der Waals surface area contributed by atoms with E-state index in [1.165, 1.54) is 12.7 Å². The van der Waals surface area contributed by atoms with Gasteiger partial charge in [-0.1, -0.05) is 30.3 Å². The first-order valence-corrected chi connectivity index (χ1v) is 9.13. The maximum atomic E-state index is 12.1. The number of ether oxygens (including phenoxy) is 2. The molecule has 0 fully saturated rings. The summed E-state index contributed by atoms with van der Waals surface area (Å²) in [4.78, 5) is 24.1. The van der Waals surface area contributed by atoms with Gasteiger partial charge >= 0.3 is 5.97 Å². The highest BCUT2D eigenvalue weighted by Gasteiger charge is 2.15. The third-order valence-corrected chi connectivity index (χ3v) is 4.54. The van der Waals surface area contributed by atoms with Crippen LogP contribution in [-0.4, -0.2) is 31.6 Å². The molecule has 0 aliphatic heterocycles. The van der Waals surface area contributed by atoms with Crippen LogP contribution in [0.4, 0.5) is 0 Å². The number of carbonyl (C=O) groups excluding carboxylic acids is 2. The Hall–Kier alpha value is -2.34. The maximum absolute atomic E-state index is 12.1. The van der Waals surface area contributed by atoms with Crippen molar-refractivity contribution in [2.45, 2.75) is 25.8 Å². The second kappa shape index (κ2) is 9.97. The molecule has 1 N–H and O–H groups in total. The zero-order valence-electron chi connectivity index (χ0n) is 14.8. The Morgan fingerprint density at radius 3 is 2.58 bits per heavy atom. The summed E-state index contributed by atoms with van der Waals surface area (Å²) in [6.07, 6.45) is 1.68. The summed E-state index contributed by atoms with van der Waals surface area (Å²) in [5, 5.41) is 2.84. The van der Waals surface area contributed by atoms with E-state index in [0.717, 1.165) is 12.8 Å². The van der Waals surface area contributed by atoms with Gasteiger partial charge in [-0.05, 0) is 59.5 Å². The van der Waals surface area contributed by atoms with Gasteiger partial charge in [-0.15, -0.1) is 0 Å². The van der Waals surface area contributed by atoms with Gasteiger partial charge in [0.2, 0.25) is 0 Å². The lowest BCUT2D eigenvalue weighted by molar-refractivity contribution is -0.124. The van der Waals surface area contributed by atoms with Gasteiger partial charge in [-0.3, -0.25) is 4.79 Å². The van der Waals surface area contributed by atoms with E-state index in [4.69, 9.17) is 9.47 Å². The molecule has 5 nitrogen and oxygen atoms in total. The smallest absolute Gasteiger partial charge is 0.339 e. The van der Waals surface area contributed by atoms with Gasteiger partial charge in [-0.25, -0.2) is 4.79 Å². The molecule has 26 heavy (non-hydrogen) atoms. The lowest BCUT2D eigenvalue weighted by Gasteiger charge is -2.14. The van der Waals surface area contributed by atoms with Gasteiger partial charge in [0.15, 0.2) is 6.61 Å². The van der Waals surface area contributed by atoms with Crippen molar-refractivity contribution in [3.05, 3.63) is 64.1 Å². The van der Waals surface area contributed by atoms with Crippen molar-refractivity contribution in [2.75, 3.05) is 13.7 Å². The molecule has 0 aliphatic carbocycles. The van der Waals surface area contributed by atoms with Crippen LogP contribution in [0.5, 0.6) is 5.75 Å². The summed E-state index contributed by atoms with van der Waals surface area (Å²) < 4.78 is 10.8. The molecule has 2 aromatic carbocycles. The van der Waals surface area contributed by atoms with Crippen LogP contribution < -0.4 is 10.1 Å². The van der Waals surface area contributed by atoms with Crippen molar-refractivity contribution in [2.24, 2.45) is 0 Å². The molecule has 0 saturated carbocycles. The van der Waals surface area contributed by atoms with Crippen molar-refractivity contribution >= 4 is 27.8 Å². The summed E-state index contributed by atoms with van der Waals surface area (Å²) in [6, 6.07) is 15.1. The van der Waals surface area contributed by atoms with Crippen molar-refractivity contribution in [1.29, 1.82) is 0 Å². The minimum absolute atomic E-state index is 0.00929. The molecular weight excluding hydrogens is 398 g/mol. The largest absolute Gasteiger partial charge is 0.497 e. The maximum Gasteiger partial charge on any atom is 0.339 e. The number of methoxy groups -OCH3 is 1. The van der Waals surface area contributed by atoms with Gasteiger partial charge in [0.1, 0.15) is 5.75 Å². The van der Waals surface area contributed by atoms with Crippen LogP contribution in [0.2, 0.25) is 0 Å². The van der Waals surface area contributed by atoms with Crippen LogP contribution in [-0.2, 0) is 16.0 Å². The van der Waals surface area contributed by atoms with Crippen LogP contribution in [0.25, 0.3) is 0 Å². The Kier molecular flexibility index (Phi) is 7.66. The molecular formula is C20H22BrNO4. The Balaban J connectivity index is 1.78. The third-order valence-electron chi connectivity index (χ3n) is 3.84. The summed E-state index contributed by atoms with van der Waals surface area (Å²) in [6.45, 7) is 1.61. The van der Waals surface area contributed by atoms with E-state index in [0.29, 0.717) is 15.8 Å². The molecule has 0 heterocycles. The first-order chi connectivity index (χ1) is 12.5. The van der Waals surface area contributed by atoms with E-state index in [-0.39, 0.29) is 18.6 Å². The number of hydrogen-bond donors (Lipinski definition) is 1. The van der Waals surface area contributed by atoms with Crippen LogP contribution in [0, 0.1) is 0 Å². The number of amides is 1. The van der Waals surface area contributed by atoms with Crippen LogP contribution in [0.3, 0.4) is 0 Å². The number of hydrogen-bond acceptors (Lipinski definition) is 4. The molecule has 0 bridgehead atoms. The quantitative estimate of drug-likeness (QED) is 0.661. The molecule has 0 radical (unpaired) electrons. The van der Waals surface area contributed by atoms with E-state index in [1.54, 1.807) is 18.2 Å². The third kappa shape index (κ3) is 6.19. The SMILES string of the molecule is COc1ccc(Br)c(C(=O)OCC(=O)N[C@H](C)CCc2ccccc2)c1. The molecule has 1 atom stereocenters. The van der Waals surface area contributed by atoms with Gasteiger partial charge in [0, 0.05) is 10.5 Å². The molecule has 0 spiro atoms. The molecule has 0 aliphatic rings. The van der Waals surface area contributed by atoms with E-state index < -0.39 is 5.97 Å². The minimum Gasteiger partial charge on any atom is -0.497 e. The number of esters is 1. The Morgan fingerprint density at radius 1 is 1.15 bits per heavy atom. The standard InChI is InChI=1S/C20H22BrNO4/c1-14(8-9-15-6-4-3-5-7-15)22-19(23)13-26-20(24)17-12-16(25-2)10-11-18(17)21/h3-7,10-12,14H,8-9,13H2,1-2H3,(H,22,23)/t14-/m1/s1. The first kappa shape index (κ1) is 20.0. The first-order valence-electron chi connectivity index (χ1n) is 8.33. The van der Waals surface area contributed by atoms with E-state index in [9.17, 15) is 9.59 Å². The van der Waals surface area contributed by atoms with Gasteiger partial charge in [-0.2, -0.15) is 0 Å². The van der Waals surface area contributed by atoms with E-state index in [2.05, 4.69) is 33.4 Å². The number of halogens is 1. The molecule has 0 unspecified atom stereocenters. The lowest BCUT2D eigenvalue weighted by atomic mass is 10.1. The van der Waals surface area contributed by atoms with Crippen molar-refractivity contribution in [1.82, 2.24) is 5.32 Å². The molecule has 1 amide bonds. The predicted octanol–water partition coefficient (Wildman–Crippen LogP) is 3.75. The fourth-order valence-electron chi connectivity index (χ4n) is 2.41. The summed E-state index contributed by atoms with van der Waals surface area (Å²) >= 11 is 3.29. The zero-order chi connectivity index (χ0) is 18.9. The number of rotatable bonds is 8. The molecule has 2 rings (SSSR count). The van der Waals surface area contributed by atoms with E-state index >= 15 is 0 Å². The molecule has 2 aromatic rings. The highest BCUT2D eigenvalue weighted by Crippen LogP contribution is 2.23. The Morgan fingerprint density at radius 2 is 1.88 bits per heavy atom. The van der Waals surface area contributed by atoms with Crippen molar-refractivity contribution in [3.8, 4) is 5.75 Å². The summed E-state index contributed by atoms with van der Waals surface area (Å²) in [7, 11) is 1.52. The topological polar surface area (TPSA) is 64.6 Å². The van der Waals surface area contributed by atoms with Gasteiger partial charge < -0.3 is 14.8 Å². The molecule has 6 heteroatoms. The summed E-state index contributed by atoms with van der Waals surface area (Å²) in [5.41, 5.74) is 1.54. The van der Waals surface area contributed by atoms with Crippen molar-refractivity contribution in [3.63, 3.8) is 0 Å². The predicted molar refractivity (Wildman–Crippen MR) is 103 cm³/mol. The highest BCUT2D eigenvalue weighted by molar-refractivity contribution is 9.10. The zero-order valence-corrected chi connectivity index (χ0v) is 16.4. The van der Waals surface area contributed by atoms with Crippen molar-refractivity contribution < 1.29 is 19.1 Å². The molecule has 0 saturated heterocycles. The molecule has 138 valence electrons. The molecule has 0 aromatic heterocycles. The van der Waals surface area contributed by atoms with Crippen LogP contribution in [0.1, 0.15) is 29.3 Å². The average Bonchev–Trinajstić information content (AvgIpc) is 2.65. The van der Waals surface area contributed by atoms with Crippen LogP contribution in [0.15, 0.2) is 53.0 Å². The highest BCUT2D eigenvalue weighted by atomic mass is 79.9. The minimum atomic E-state index is -0.581. The number of nitrogens with one attached hydrogen (secondary N) is 1. The van der Waals surface area contributed by atoms with Gasteiger partial charge in [0.05, 0.1) is 12.7 Å². The van der Waals surface area contributed by atoms with E-state index in [1.807, 2.05) is 25.1 Å². The summed E-state index contributed by atoms with van der Waals surface area (Å²) in [5.74, 6) is -0.361. The van der Waals surface area contributed by atoms with Gasteiger partial charge in [0.25, 0.3) is 5.91 Å². The second-order valence-corrected chi connectivity index (χ2v) is 6.77. The fourth-order valence-corrected chi connectivity index (χ4v) is 2.82. The normalized spacial score (nSPS) is 11.5. The Bertz CT molecular complexity index is 749. The fraction of sp³-hybridized carbons (Fsp3) is 0.300. The Labute approximate surface area is 161 Å². The monoisotopic (exact) mass is 419 g/mol. The van der Waals surface area contributed by atoms with Crippen LogP contribution >= 0.6 is 15.9 Å². The second-order valence-electron chi connectivity index (χ2n) is 5.91. The average molecular weight is 420 g/mol. The number of carbonyl (C=O) groups is 2. The number of benzene rings is 2. The lowest BCUT2D eigenvalue weighted by Crippen LogP contribution is -2.36.